The lowest BCUT2D eigenvalue weighted by molar-refractivity contribution is 0.0951. The normalized spacial score (nSPS) is 10.4. The van der Waals surface area contributed by atoms with Gasteiger partial charge in [-0.3, -0.25) is 4.79 Å². The molecular formula is C20H19NO2S. The van der Waals surface area contributed by atoms with Gasteiger partial charge in [0.05, 0.1) is 11.4 Å². The number of thiophene rings is 1. The Morgan fingerprint density at radius 1 is 1.08 bits per heavy atom. The van der Waals surface area contributed by atoms with Crippen LogP contribution >= 0.6 is 11.3 Å². The zero-order chi connectivity index (χ0) is 16.8. The van der Waals surface area contributed by atoms with Crippen LogP contribution in [0.2, 0.25) is 0 Å². The van der Waals surface area contributed by atoms with Crippen molar-refractivity contribution >= 4 is 17.2 Å². The summed E-state index contributed by atoms with van der Waals surface area (Å²) in [6, 6.07) is 19.8. The lowest BCUT2D eigenvalue weighted by Gasteiger charge is -2.09. The summed E-state index contributed by atoms with van der Waals surface area (Å²) in [6.45, 7) is 2.94. The number of hydrogen-bond donors (Lipinski definition) is 1. The fraction of sp³-hybridized carbons (Fsp3) is 0.150. The van der Waals surface area contributed by atoms with E-state index in [4.69, 9.17) is 4.74 Å². The number of nitrogens with one attached hydrogen (secondary N) is 1. The largest absolute Gasteiger partial charge is 0.492 e. The van der Waals surface area contributed by atoms with Crippen LogP contribution in [0.25, 0.3) is 11.1 Å². The molecule has 3 aromatic rings. The van der Waals surface area contributed by atoms with Crippen LogP contribution in [0, 0.1) is 6.92 Å². The van der Waals surface area contributed by atoms with Crippen molar-refractivity contribution < 1.29 is 9.53 Å². The molecule has 0 spiro atoms. The average Bonchev–Trinajstić information content (AvgIpc) is 3.09. The van der Waals surface area contributed by atoms with Crippen molar-refractivity contribution in [1.82, 2.24) is 5.32 Å². The molecule has 3 rings (SSSR count). The number of aryl methyl sites for hydroxylation is 1. The zero-order valence-electron chi connectivity index (χ0n) is 13.5. The molecule has 0 atom stereocenters. The molecular weight excluding hydrogens is 318 g/mol. The molecule has 0 saturated heterocycles. The predicted octanol–water partition coefficient (Wildman–Crippen LogP) is 4.53. The second kappa shape index (κ2) is 7.79. The van der Waals surface area contributed by atoms with Crippen molar-refractivity contribution in [2.24, 2.45) is 0 Å². The maximum atomic E-state index is 12.4. The van der Waals surface area contributed by atoms with E-state index in [0.29, 0.717) is 13.2 Å². The van der Waals surface area contributed by atoms with Crippen LogP contribution in [-0.4, -0.2) is 19.1 Å². The molecule has 1 N–H and O–H groups in total. The highest BCUT2D eigenvalue weighted by molar-refractivity contribution is 7.12. The lowest BCUT2D eigenvalue weighted by Crippen LogP contribution is -2.27. The van der Waals surface area contributed by atoms with Crippen molar-refractivity contribution in [3.63, 3.8) is 0 Å². The lowest BCUT2D eigenvalue weighted by atomic mass is 10.1. The van der Waals surface area contributed by atoms with E-state index in [1.54, 1.807) is 0 Å². The molecule has 0 radical (unpaired) electrons. The summed E-state index contributed by atoms with van der Waals surface area (Å²) in [6.07, 6.45) is 0. The molecule has 4 heteroatoms. The molecule has 0 fully saturated rings. The zero-order valence-corrected chi connectivity index (χ0v) is 14.3. The van der Waals surface area contributed by atoms with Gasteiger partial charge in [-0.1, -0.05) is 42.5 Å². The minimum Gasteiger partial charge on any atom is -0.492 e. The molecule has 0 bridgehead atoms. The number of benzene rings is 2. The SMILES string of the molecule is Cc1cccc(OCCNC(=O)c2sccc2-c2ccccc2)c1. The Hall–Kier alpha value is -2.59. The summed E-state index contributed by atoms with van der Waals surface area (Å²) >= 11 is 1.46. The highest BCUT2D eigenvalue weighted by Gasteiger charge is 2.13. The fourth-order valence-electron chi connectivity index (χ4n) is 2.45. The molecule has 0 unspecified atom stereocenters. The molecule has 0 saturated carbocycles. The van der Waals surface area contributed by atoms with Gasteiger partial charge in [-0.25, -0.2) is 0 Å². The first-order valence-corrected chi connectivity index (χ1v) is 8.72. The molecule has 1 amide bonds. The van der Waals surface area contributed by atoms with Gasteiger partial charge < -0.3 is 10.1 Å². The van der Waals surface area contributed by atoms with Crippen LogP contribution in [0.5, 0.6) is 5.75 Å². The molecule has 0 aliphatic heterocycles. The maximum Gasteiger partial charge on any atom is 0.262 e. The Morgan fingerprint density at radius 2 is 1.92 bits per heavy atom. The van der Waals surface area contributed by atoms with E-state index in [9.17, 15) is 4.79 Å². The van der Waals surface area contributed by atoms with Crippen LogP contribution < -0.4 is 10.1 Å². The number of carbonyl (C=O) groups excluding carboxylic acids is 1. The van der Waals surface area contributed by atoms with Crippen molar-refractivity contribution in [1.29, 1.82) is 0 Å². The maximum absolute atomic E-state index is 12.4. The summed E-state index contributed by atoms with van der Waals surface area (Å²) in [7, 11) is 0. The van der Waals surface area contributed by atoms with Crippen LogP contribution in [0.15, 0.2) is 66.0 Å². The number of hydrogen-bond acceptors (Lipinski definition) is 3. The van der Waals surface area contributed by atoms with Crippen molar-refractivity contribution in [2.45, 2.75) is 6.92 Å². The quantitative estimate of drug-likeness (QED) is 0.671. The minimum atomic E-state index is -0.0586. The standard InChI is InChI=1S/C20H19NO2S/c1-15-6-5-9-17(14-15)23-12-11-21-20(22)19-18(10-13-24-19)16-7-3-2-4-8-16/h2-10,13-14H,11-12H2,1H3,(H,21,22). The Labute approximate surface area is 145 Å². The third-order valence-electron chi connectivity index (χ3n) is 3.60. The monoisotopic (exact) mass is 337 g/mol. The first-order valence-electron chi connectivity index (χ1n) is 7.84. The number of amides is 1. The Bertz CT molecular complexity index is 811. The number of carbonyl (C=O) groups is 1. The molecule has 0 aliphatic carbocycles. The van der Waals surface area contributed by atoms with Crippen LogP contribution in [0.3, 0.4) is 0 Å². The average molecular weight is 337 g/mol. The van der Waals surface area contributed by atoms with Gasteiger partial charge >= 0.3 is 0 Å². The molecule has 122 valence electrons. The van der Waals surface area contributed by atoms with Crippen molar-refractivity contribution in [2.75, 3.05) is 13.2 Å². The summed E-state index contributed by atoms with van der Waals surface area (Å²) in [4.78, 5) is 13.1. The molecule has 2 aromatic carbocycles. The van der Waals surface area contributed by atoms with Gasteiger partial charge in [0.1, 0.15) is 12.4 Å². The highest BCUT2D eigenvalue weighted by Crippen LogP contribution is 2.27. The Morgan fingerprint density at radius 3 is 2.71 bits per heavy atom. The topological polar surface area (TPSA) is 38.3 Å². The third-order valence-corrected chi connectivity index (χ3v) is 4.52. The van der Waals surface area contributed by atoms with Gasteiger partial charge in [-0.2, -0.15) is 0 Å². The summed E-state index contributed by atoms with van der Waals surface area (Å²) in [5.74, 6) is 0.766. The van der Waals surface area contributed by atoms with Gasteiger partial charge in [0.15, 0.2) is 0 Å². The molecule has 3 nitrogen and oxygen atoms in total. The van der Waals surface area contributed by atoms with E-state index in [-0.39, 0.29) is 5.91 Å². The molecule has 1 heterocycles. The first-order chi connectivity index (χ1) is 11.7. The van der Waals surface area contributed by atoms with Crippen LogP contribution in [0.1, 0.15) is 15.2 Å². The van der Waals surface area contributed by atoms with Gasteiger partial charge in [0, 0.05) is 5.56 Å². The smallest absolute Gasteiger partial charge is 0.262 e. The van der Waals surface area contributed by atoms with E-state index in [0.717, 1.165) is 27.3 Å². The second-order valence-corrected chi connectivity index (χ2v) is 6.37. The van der Waals surface area contributed by atoms with Crippen molar-refractivity contribution in [3.8, 4) is 16.9 Å². The molecule has 0 aliphatic rings. The van der Waals surface area contributed by atoms with E-state index in [1.165, 1.54) is 11.3 Å². The van der Waals surface area contributed by atoms with E-state index >= 15 is 0 Å². The summed E-state index contributed by atoms with van der Waals surface area (Å²) in [5, 5.41) is 4.87. The Balaban J connectivity index is 1.56. The summed E-state index contributed by atoms with van der Waals surface area (Å²) in [5.41, 5.74) is 3.18. The number of ether oxygens (including phenoxy) is 1. The second-order valence-electron chi connectivity index (χ2n) is 5.45. The van der Waals surface area contributed by atoms with Gasteiger partial charge in [-0.05, 0) is 41.6 Å². The summed E-state index contributed by atoms with van der Waals surface area (Å²) < 4.78 is 5.66. The van der Waals surface area contributed by atoms with Crippen molar-refractivity contribution in [3.05, 3.63) is 76.5 Å². The van der Waals surface area contributed by atoms with Gasteiger partial charge in [0.2, 0.25) is 0 Å². The van der Waals surface area contributed by atoms with E-state index in [2.05, 4.69) is 5.32 Å². The predicted molar refractivity (Wildman–Crippen MR) is 98.8 cm³/mol. The van der Waals surface area contributed by atoms with E-state index < -0.39 is 0 Å². The van der Waals surface area contributed by atoms with Crippen LogP contribution in [-0.2, 0) is 0 Å². The number of rotatable bonds is 6. The molecule has 24 heavy (non-hydrogen) atoms. The van der Waals surface area contributed by atoms with E-state index in [1.807, 2.05) is 73.0 Å². The van der Waals surface area contributed by atoms with Gasteiger partial charge in [-0.15, -0.1) is 11.3 Å². The molecule has 1 aromatic heterocycles. The third kappa shape index (κ3) is 4.03. The first kappa shape index (κ1) is 16.3. The van der Waals surface area contributed by atoms with Crippen LogP contribution in [0.4, 0.5) is 0 Å². The highest BCUT2D eigenvalue weighted by atomic mass is 32.1. The minimum absolute atomic E-state index is 0.0586. The Kier molecular flexibility index (Phi) is 5.29. The van der Waals surface area contributed by atoms with Gasteiger partial charge in [0.25, 0.3) is 5.91 Å². The fourth-order valence-corrected chi connectivity index (χ4v) is 3.28.